The van der Waals surface area contributed by atoms with Gasteiger partial charge in [-0.3, -0.25) is 0 Å². The second-order valence-corrected chi connectivity index (χ2v) is 23.6. The lowest BCUT2D eigenvalue weighted by Gasteiger charge is -2.64. The molecule has 4 fully saturated rings. The van der Waals surface area contributed by atoms with Gasteiger partial charge in [0.05, 0.1) is 5.71 Å². The Labute approximate surface area is 212 Å². The van der Waals surface area contributed by atoms with Crippen molar-refractivity contribution in [1.29, 1.82) is 0 Å². The monoisotopic (exact) mass is 507 g/mol. The molecule has 4 nitrogen and oxygen atoms in total. The predicted octanol–water partition coefficient (Wildman–Crippen LogP) is 7.72. The summed E-state index contributed by atoms with van der Waals surface area (Å²) in [6, 6.07) is 0. The molecular formula is C28H53NO3Si2. The molecule has 0 aromatic carbocycles. The van der Waals surface area contributed by atoms with Crippen LogP contribution >= 0.6 is 0 Å². The molecule has 0 aliphatic heterocycles. The second-order valence-electron chi connectivity index (χ2n) is 14.7. The van der Waals surface area contributed by atoms with Crippen molar-refractivity contribution in [3.8, 4) is 0 Å². The number of nitrogens with zero attached hydrogens (tertiary/aromatic N) is 1. The van der Waals surface area contributed by atoms with E-state index in [9.17, 15) is 0 Å². The third-order valence-electron chi connectivity index (χ3n) is 10.3. The van der Waals surface area contributed by atoms with E-state index in [1.807, 2.05) is 0 Å². The molecule has 0 amide bonds. The molecule has 34 heavy (non-hydrogen) atoms. The molecule has 0 aromatic rings. The van der Waals surface area contributed by atoms with Crippen LogP contribution in [0.5, 0.6) is 0 Å². The standard InChI is InChI=1S/C28H53NO3Si2/c1-19(29-30-4)23-13-14-24-22-12-11-20-17-21(31-33(5,6)7)15-16-27(20,2)26(22)25(18-28(23,24)3)32-34(8,9)10/h20-26H,11-18H2,1-10H3/t20-,21+,22?,23-,24?,25+,26?,27+,28-/m1/s1. The van der Waals surface area contributed by atoms with Crippen LogP contribution in [0, 0.1) is 40.4 Å². The van der Waals surface area contributed by atoms with Crippen LogP contribution < -0.4 is 0 Å². The van der Waals surface area contributed by atoms with Gasteiger partial charge < -0.3 is 13.7 Å². The highest BCUT2D eigenvalue weighted by Crippen LogP contribution is 2.68. The topological polar surface area (TPSA) is 40.0 Å². The minimum atomic E-state index is -1.67. The van der Waals surface area contributed by atoms with Crippen LogP contribution in [-0.4, -0.2) is 41.7 Å². The summed E-state index contributed by atoms with van der Waals surface area (Å²) in [5.74, 6) is 3.59. The third-order valence-corrected chi connectivity index (χ3v) is 12.3. The Morgan fingerprint density at radius 1 is 0.853 bits per heavy atom. The fourth-order valence-electron chi connectivity index (χ4n) is 9.37. The van der Waals surface area contributed by atoms with E-state index in [1.54, 1.807) is 7.11 Å². The summed E-state index contributed by atoms with van der Waals surface area (Å²) >= 11 is 0. The summed E-state index contributed by atoms with van der Waals surface area (Å²) in [7, 11) is -1.48. The number of fused-ring (bicyclic) bond motifs is 5. The average molecular weight is 508 g/mol. The molecule has 0 heterocycles. The Kier molecular flexibility index (Phi) is 7.34. The molecule has 0 N–H and O–H groups in total. The molecular weight excluding hydrogens is 454 g/mol. The highest BCUT2D eigenvalue weighted by Gasteiger charge is 2.64. The van der Waals surface area contributed by atoms with Crippen molar-refractivity contribution in [2.45, 2.75) is 124 Å². The van der Waals surface area contributed by atoms with Crippen LogP contribution in [0.2, 0.25) is 39.3 Å². The largest absolute Gasteiger partial charge is 0.415 e. The molecule has 6 heteroatoms. The van der Waals surface area contributed by atoms with Gasteiger partial charge in [-0.05, 0) is 132 Å². The Balaban J connectivity index is 1.66. The Morgan fingerprint density at radius 3 is 2.15 bits per heavy atom. The zero-order valence-electron chi connectivity index (χ0n) is 23.9. The predicted molar refractivity (Wildman–Crippen MR) is 147 cm³/mol. The van der Waals surface area contributed by atoms with Gasteiger partial charge in [-0.15, -0.1) is 0 Å². The van der Waals surface area contributed by atoms with Crippen LogP contribution in [0.1, 0.15) is 72.1 Å². The van der Waals surface area contributed by atoms with E-state index in [0.717, 1.165) is 17.8 Å². The van der Waals surface area contributed by atoms with E-state index < -0.39 is 16.6 Å². The molecule has 3 unspecified atom stereocenters. The van der Waals surface area contributed by atoms with Gasteiger partial charge in [-0.1, -0.05) is 19.0 Å². The summed E-state index contributed by atoms with van der Waals surface area (Å²) in [5.41, 5.74) is 1.86. The van der Waals surface area contributed by atoms with Gasteiger partial charge in [0.15, 0.2) is 16.6 Å². The van der Waals surface area contributed by atoms with Crippen molar-refractivity contribution >= 4 is 22.3 Å². The molecule has 9 atom stereocenters. The first kappa shape index (κ1) is 26.9. The zero-order chi connectivity index (χ0) is 25.1. The second kappa shape index (κ2) is 9.29. The summed E-state index contributed by atoms with van der Waals surface area (Å²) < 4.78 is 13.8. The van der Waals surface area contributed by atoms with Crippen LogP contribution in [0.15, 0.2) is 5.16 Å². The van der Waals surface area contributed by atoms with Gasteiger partial charge in [0.25, 0.3) is 0 Å². The van der Waals surface area contributed by atoms with E-state index in [0.29, 0.717) is 29.5 Å². The van der Waals surface area contributed by atoms with E-state index in [-0.39, 0.29) is 5.41 Å². The van der Waals surface area contributed by atoms with Crippen LogP contribution in [0.4, 0.5) is 0 Å². The molecule has 0 aromatic heterocycles. The van der Waals surface area contributed by atoms with Crippen LogP contribution in [0.25, 0.3) is 0 Å². The first-order valence-electron chi connectivity index (χ1n) is 14.1. The number of oxime groups is 1. The first-order chi connectivity index (χ1) is 15.7. The van der Waals surface area contributed by atoms with Gasteiger partial charge >= 0.3 is 0 Å². The molecule has 0 spiro atoms. The molecule has 0 saturated heterocycles. The van der Waals surface area contributed by atoms with E-state index in [2.05, 4.69) is 65.2 Å². The van der Waals surface area contributed by atoms with Crippen LogP contribution in [0.3, 0.4) is 0 Å². The van der Waals surface area contributed by atoms with Crippen molar-refractivity contribution in [2.24, 2.45) is 45.6 Å². The summed E-state index contributed by atoms with van der Waals surface area (Å²) in [6.07, 6.45) is 11.3. The third kappa shape index (κ3) is 4.99. The number of hydrogen-bond acceptors (Lipinski definition) is 4. The van der Waals surface area contributed by atoms with E-state index in [4.69, 9.17) is 13.7 Å². The highest BCUT2D eigenvalue weighted by molar-refractivity contribution is 6.70. The number of hydrogen-bond donors (Lipinski definition) is 0. The van der Waals surface area contributed by atoms with Crippen molar-refractivity contribution < 1.29 is 13.7 Å². The minimum Gasteiger partial charge on any atom is -0.415 e. The van der Waals surface area contributed by atoms with Gasteiger partial charge in [0, 0.05) is 18.1 Å². The zero-order valence-corrected chi connectivity index (χ0v) is 25.9. The van der Waals surface area contributed by atoms with Crippen molar-refractivity contribution in [2.75, 3.05) is 7.11 Å². The van der Waals surface area contributed by atoms with E-state index in [1.165, 1.54) is 57.1 Å². The van der Waals surface area contributed by atoms with Crippen molar-refractivity contribution in [3.05, 3.63) is 0 Å². The maximum absolute atomic E-state index is 7.17. The molecule has 4 rings (SSSR count). The quantitative estimate of drug-likeness (QED) is 0.210. The van der Waals surface area contributed by atoms with Gasteiger partial charge in [0.1, 0.15) is 7.11 Å². The first-order valence-corrected chi connectivity index (χ1v) is 20.9. The lowest BCUT2D eigenvalue weighted by Crippen LogP contribution is -2.61. The minimum absolute atomic E-state index is 0.277. The average Bonchev–Trinajstić information content (AvgIpc) is 3.02. The fourth-order valence-corrected chi connectivity index (χ4v) is 11.7. The maximum Gasteiger partial charge on any atom is 0.184 e. The SMILES string of the molecule is CON=C(C)[C@H]1CCC2C3CC[C@@H]4C[C@@H](O[Si](C)(C)C)CC[C@]4(C)C3[C@@H](O[Si](C)(C)C)C[C@@]21C. The highest BCUT2D eigenvalue weighted by atomic mass is 28.4. The van der Waals surface area contributed by atoms with Crippen molar-refractivity contribution in [1.82, 2.24) is 0 Å². The molecule has 4 saturated carbocycles. The molecule has 0 bridgehead atoms. The Hall–Kier alpha value is -0.176. The molecule has 196 valence electrons. The van der Waals surface area contributed by atoms with Gasteiger partial charge in [-0.2, -0.15) is 0 Å². The fraction of sp³-hybridized carbons (Fsp3) is 0.964. The normalized spacial score (nSPS) is 45.4. The maximum atomic E-state index is 7.17. The van der Waals surface area contributed by atoms with Crippen molar-refractivity contribution in [3.63, 3.8) is 0 Å². The van der Waals surface area contributed by atoms with Crippen LogP contribution in [-0.2, 0) is 13.7 Å². The molecule has 4 aliphatic carbocycles. The summed E-state index contributed by atoms with van der Waals surface area (Å²) in [6.45, 7) is 21.7. The molecule has 4 aliphatic rings. The number of rotatable bonds is 6. The lowest BCUT2D eigenvalue weighted by atomic mass is 9.44. The summed E-state index contributed by atoms with van der Waals surface area (Å²) in [5, 5.41) is 4.44. The van der Waals surface area contributed by atoms with Gasteiger partial charge in [-0.25, -0.2) is 0 Å². The van der Waals surface area contributed by atoms with Gasteiger partial charge in [0.2, 0.25) is 0 Å². The summed E-state index contributed by atoms with van der Waals surface area (Å²) in [4.78, 5) is 5.24. The Bertz CT molecular complexity index is 775. The molecule has 0 radical (unpaired) electrons. The lowest BCUT2D eigenvalue weighted by molar-refractivity contribution is -0.168. The smallest absolute Gasteiger partial charge is 0.184 e. The van der Waals surface area contributed by atoms with E-state index >= 15 is 0 Å². The Morgan fingerprint density at radius 2 is 1.53 bits per heavy atom.